The second kappa shape index (κ2) is 6.31. The maximum absolute atomic E-state index is 11.5. The number of likely N-dealkylation sites (N-methyl/N-ethyl adjacent to an activating group) is 1. The highest BCUT2D eigenvalue weighted by Crippen LogP contribution is 2.66. The van der Waals surface area contributed by atoms with Crippen molar-refractivity contribution < 1.29 is 29.6 Å². The Morgan fingerprint density at radius 1 is 1.45 bits per heavy atom. The van der Waals surface area contributed by atoms with E-state index in [9.17, 15) is 20.1 Å². The monoisotopic (exact) mass is 404 g/mol. The van der Waals surface area contributed by atoms with Gasteiger partial charge >= 0.3 is 5.97 Å². The molecule has 2 bridgehead atoms. The van der Waals surface area contributed by atoms with Crippen molar-refractivity contribution in [3.05, 3.63) is 23.3 Å². The van der Waals surface area contributed by atoms with Gasteiger partial charge in [0.05, 0.1) is 17.6 Å². The predicted octanol–water partition coefficient (Wildman–Crippen LogP) is 0.234. The largest absolute Gasteiger partial charge is 0.504 e. The van der Waals surface area contributed by atoms with E-state index in [0.29, 0.717) is 12.2 Å². The third-order valence-corrected chi connectivity index (χ3v) is 7.95. The van der Waals surface area contributed by atoms with E-state index in [2.05, 4.69) is 17.3 Å². The number of likely N-dealkylation sites (tertiary alicyclic amines) is 1. The molecule has 1 spiro atoms. The molecule has 2 fully saturated rings. The van der Waals surface area contributed by atoms with Gasteiger partial charge in [0.25, 0.3) is 0 Å². The van der Waals surface area contributed by atoms with Crippen molar-refractivity contribution in [2.45, 2.75) is 60.9 Å². The number of hydrogen-bond donors (Lipinski definition) is 4. The first-order chi connectivity index (χ1) is 13.9. The molecule has 2 heterocycles. The highest BCUT2D eigenvalue weighted by Gasteiger charge is 2.73. The number of ether oxygens (including phenoxy) is 2. The fourth-order valence-corrected chi connectivity index (χ4v) is 6.77. The number of carboxylic acid groups (broad SMARTS) is 1. The molecule has 158 valence electrons. The van der Waals surface area contributed by atoms with Crippen LogP contribution < -0.4 is 10.1 Å². The van der Waals surface area contributed by atoms with Crippen molar-refractivity contribution in [2.75, 3.05) is 27.3 Å². The number of hydrogen-bond acceptors (Lipinski definition) is 7. The van der Waals surface area contributed by atoms with Gasteiger partial charge in [0.2, 0.25) is 0 Å². The molecule has 1 saturated carbocycles. The Morgan fingerprint density at radius 2 is 2.24 bits per heavy atom. The zero-order valence-electron chi connectivity index (χ0n) is 16.7. The zero-order valence-corrected chi connectivity index (χ0v) is 16.7. The number of piperidine rings is 1. The fraction of sp³-hybridized carbons (Fsp3) is 0.667. The van der Waals surface area contributed by atoms with Crippen LogP contribution in [0.4, 0.5) is 0 Å². The van der Waals surface area contributed by atoms with Crippen molar-refractivity contribution in [2.24, 2.45) is 0 Å². The molecule has 0 amide bonds. The summed E-state index contributed by atoms with van der Waals surface area (Å²) < 4.78 is 12.8. The molecule has 4 aliphatic rings. The number of nitrogens with zero attached hydrogens (tertiary/aromatic N) is 1. The van der Waals surface area contributed by atoms with E-state index in [-0.39, 0.29) is 23.9 Å². The molecule has 4 N–H and O–H groups in total. The molecule has 2 aliphatic heterocycles. The van der Waals surface area contributed by atoms with Crippen LogP contribution in [0.2, 0.25) is 0 Å². The maximum atomic E-state index is 11.5. The number of methoxy groups -OCH3 is 1. The lowest BCUT2D eigenvalue weighted by Gasteiger charge is -2.65. The topological polar surface area (TPSA) is 111 Å². The van der Waals surface area contributed by atoms with E-state index < -0.39 is 29.6 Å². The Labute approximate surface area is 169 Å². The van der Waals surface area contributed by atoms with Crippen molar-refractivity contribution in [1.29, 1.82) is 0 Å². The lowest BCUT2D eigenvalue weighted by atomic mass is 9.48. The zero-order chi connectivity index (χ0) is 20.6. The maximum Gasteiger partial charge on any atom is 0.323 e. The first-order valence-electron chi connectivity index (χ1n) is 10.3. The quantitative estimate of drug-likeness (QED) is 0.552. The molecule has 2 unspecified atom stereocenters. The molecule has 0 radical (unpaired) electrons. The summed E-state index contributed by atoms with van der Waals surface area (Å²) in [5.74, 6) is -0.454. The van der Waals surface area contributed by atoms with Gasteiger partial charge in [-0.05, 0) is 50.9 Å². The Hall–Kier alpha value is -1.87. The number of rotatable bonds is 5. The molecule has 29 heavy (non-hydrogen) atoms. The molecule has 1 aromatic carbocycles. The van der Waals surface area contributed by atoms with Crippen LogP contribution in [0.3, 0.4) is 0 Å². The molecule has 0 aromatic heterocycles. The van der Waals surface area contributed by atoms with E-state index in [1.165, 1.54) is 5.56 Å². The summed E-state index contributed by atoms with van der Waals surface area (Å²) in [6.07, 6.45) is 2.68. The summed E-state index contributed by atoms with van der Waals surface area (Å²) in [6.45, 7) is 0.384. The van der Waals surface area contributed by atoms with Crippen LogP contribution in [0.1, 0.15) is 30.4 Å². The molecular formula is C21H28N2O6. The first kappa shape index (κ1) is 19.1. The third-order valence-electron chi connectivity index (χ3n) is 7.95. The number of aliphatic hydroxyl groups excluding tert-OH is 1. The van der Waals surface area contributed by atoms with Crippen LogP contribution in [0, 0.1) is 0 Å². The third kappa shape index (κ3) is 2.20. The van der Waals surface area contributed by atoms with Crippen LogP contribution in [0.25, 0.3) is 0 Å². The van der Waals surface area contributed by atoms with Gasteiger partial charge in [-0.3, -0.25) is 10.1 Å². The van der Waals surface area contributed by atoms with Crippen LogP contribution in [0.15, 0.2) is 12.1 Å². The van der Waals surface area contributed by atoms with E-state index in [1.807, 2.05) is 6.07 Å². The molecule has 1 aromatic rings. The predicted molar refractivity (Wildman–Crippen MR) is 103 cm³/mol. The fourth-order valence-electron chi connectivity index (χ4n) is 6.77. The van der Waals surface area contributed by atoms with Gasteiger partial charge in [0.15, 0.2) is 11.5 Å². The number of nitrogens with one attached hydrogen (secondary N) is 1. The smallest absolute Gasteiger partial charge is 0.323 e. The number of aliphatic carboxylic acids is 1. The van der Waals surface area contributed by atoms with Gasteiger partial charge in [-0.1, -0.05) is 6.07 Å². The standard InChI is InChI=1S/C21H28N2O6/c1-23-8-7-20-16-11-3-4-14(25)17(16)29-18(20)12(22-13(10-24)19(26)27)5-6-21(20,28-2)15(23)9-11/h3-4,12-13,15,18,22,24-25H,5-10H2,1-2H3,(H,26,27)/t12?,13-,15?,18-,20-,21+/m0/s1. The molecule has 2 aliphatic carbocycles. The van der Waals surface area contributed by atoms with Gasteiger partial charge in [-0.25, -0.2) is 0 Å². The van der Waals surface area contributed by atoms with Crippen molar-refractivity contribution in [3.8, 4) is 11.5 Å². The second-order valence-corrected chi connectivity index (χ2v) is 8.89. The normalized spacial score (nSPS) is 38.2. The number of benzene rings is 1. The Kier molecular flexibility index (Phi) is 4.16. The van der Waals surface area contributed by atoms with Crippen molar-refractivity contribution >= 4 is 5.97 Å². The minimum absolute atomic E-state index is 0.116. The van der Waals surface area contributed by atoms with Crippen LogP contribution >= 0.6 is 0 Å². The van der Waals surface area contributed by atoms with Gasteiger partial charge < -0.3 is 29.7 Å². The van der Waals surface area contributed by atoms with Crippen molar-refractivity contribution in [3.63, 3.8) is 0 Å². The summed E-state index contributed by atoms with van der Waals surface area (Å²) in [6, 6.07) is 2.53. The van der Waals surface area contributed by atoms with Crippen LogP contribution in [-0.4, -0.2) is 83.3 Å². The highest BCUT2D eigenvalue weighted by atomic mass is 16.5. The molecule has 6 atom stereocenters. The summed E-state index contributed by atoms with van der Waals surface area (Å²) in [5, 5.41) is 32.7. The van der Waals surface area contributed by atoms with Crippen molar-refractivity contribution in [1.82, 2.24) is 10.2 Å². The Bertz CT molecular complexity index is 862. The summed E-state index contributed by atoms with van der Waals surface area (Å²) in [7, 11) is 3.89. The van der Waals surface area contributed by atoms with E-state index in [0.717, 1.165) is 31.4 Å². The van der Waals surface area contributed by atoms with E-state index in [4.69, 9.17) is 9.47 Å². The average molecular weight is 404 g/mol. The number of phenolic OH excluding ortho intramolecular Hbond substituents is 1. The second-order valence-electron chi connectivity index (χ2n) is 8.89. The summed E-state index contributed by atoms with van der Waals surface area (Å²) in [4.78, 5) is 13.9. The lowest BCUT2D eigenvalue weighted by molar-refractivity contribution is -0.204. The SMILES string of the molecule is CO[C@@]12CCC(N[C@@H](CO)C(=O)O)[C@@H]3Oc4c(O)ccc5c4[C@@]31CCN(C)C2C5. The molecule has 5 rings (SSSR count). The van der Waals surface area contributed by atoms with Gasteiger partial charge in [-0.15, -0.1) is 0 Å². The minimum atomic E-state index is -1.09. The highest BCUT2D eigenvalue weighted by molar-refractivity contribution is 5.73. The number of aromatic hydroxyl groups is 1. The van der Waals surface area contributed by atoms with Gasteiger partial charge in [0, 0.05) is 24.8 Å². The molecule has 8 heteroatoms. The van der Waals surface area contributed by atoms with Gasteiger partial charge in [0.1, 0.15) is 12.1 Å². The number of carboxylic acids is 1. The minimum Gasteiger partial charge on any atom is -0.504 e. The number of aliphatic hydroxyl groups is 1. The van der Waals surface area contributed by atoms with E-state index in [1.54, 1.807) is 13.2 Å². The van der Waals surface area contributed by atoms with Crippen LogP contribution in [-0.2, 0) is 21.4 Å². The average Bonchev–Trinajstić information content (AvgIpc) is 3.06. The first-order valence-corrected chi connectivity index (χ1v) is 10.3. The van der Waals surface area contributed by atoms with Crippen LogP contribution in [0.5, 0.6) is 11.5 Å². The Balaban J connectivity index is 1.68. The molecule has 8 nitrogen and oxygen atoms in total. The number of carbonyl (C=O) groups is 1. The molecular weight excluding hydrogens is 376 g/mol. The Morgan fingerprint density at radius 3 is 2.93 bits per heavy atom. The van der Waals surface area contributed by atoms with Gasteiger partial charge in [-0.2, -0.15) is 0 Å². The molecule has 1 saturated heterocycles. The lowest BCUT2D eigenvalue weighted by Crippen LogP contribution is -2.78. The number of phenols is 1. The summed E-state index contributed by atoms with van der Waals surface area (Å²) >= 11 is 0. The summed E-state index contributed by atoms with van der Waals surface area (Å²) in [5.41, 5.74) is 1.28. The van der Waals surface area contributed by atoms with E-state index >= 15 is 0 Å².